The highest BCUT2D eigenvalue weighted by Gasteiger charge is 2.10. The summed E-state index contributed by atoms with van der Waals surface area (Å²) < 4.78 is 5.48. The quantitative estimate of drug-likeness (QED) is 0.913. The van der Waals surface area contributed by atoms with Crippen molar-refractivity contribution in [1.82, 2.24) is 20.4 Å². The molecule has 1 aromatic carbocycles. The molecule has 0 saturated carbocycles. The van der Waals surface area contributed by atoms with Crippen LogP contribution in [0.25, 0.3) is 11.5 Å². The van der Waals surface area contributed by atoms with E-state index in [1.54, 1.807) is 14.1 Å². The lowest BCUT2D eigenvalue weighted by Crippen LogP contribution is -2.34. The maximum Gasteiger partial charge on any atom is 0.317 e. The second-order valence-electron chi connectivity index (χ2n) is 4.42. The number of hydrogen-bond donors (Lipinski definition) is 1. The van der Waals surface area contributed by atoms with E-state index in [0.717, 1.165) is 5.56 Å². The van der Waals surface area contributed by atoms with Gasteiger partial charge in [0.05, 0.1) is 6.54 Å². The SMILES string of the molecule is Cc1ccc(-c2nnc(CNC(=O)N(C)C)o2)cc1. The summed E-state index contributed by atoms with van der Waals surface area (Å²) in [5.74, 6) is 0.833. The third-order valence-corrected chi connectivity index (χ3v) is 2.56. The van der Waals surface area contributed by atoms with Crippen LogP contribution in [0.1, 0.15) is 11.5 Å². The van der Waals surface area contributed by atoms with Crippen molar-refractivity contribution in [3.63, 3.8) is 0 Å². The standard InChI is InChI=1S/C13H16N4O2/c1-9-4-6-10(7-5-9)12-16-15-11(19-12)8-14-13(18)17(2)3/h4-7H,8H2,1-3H3,(H,14,18). The van der Waals surface area contributed by atoms with Gasteiger partial charge in [0.2, 0.25) is 11.8 Å². The monoisotopic (exact) mass is 260 g/mol. The molecule has 2 aromatic rings. The highest BCUT2D eigenvalue weighted by Crippen LogP contribution is 2.17. The van der Waals surface area contributed by atoms with E-state index >= 15 is 0 Å². The molecule has 1 heterocycles. The van der Waals surface area contributed by atoms with E-state index in [0.29, 0.717) is 11.8 Å². The molecule has 0 unspecified atom stereocenters. The third-order valence-electron chi connectivity index (χ3n) is 2.56. The second-order valence-corrected chi connectivity index (χ2v) is 4.42. The van der Waals surface area contributed by atoms with Crippen LogP contribution in [0.4, 0.5) is 4.79 Å². The van der Waals surface area contributed by atoms with E-state index in [9.17, 15) is 4.79 Å². The Morgan fingerprint density at radius 1 is 1.26 bits per heavy atom. The average molecular weight is 260 g/mol. The Balaban J connectivity index is 2.03. The van der Waals surface area contributed by atoms with Crippen LogP contribution in [-0.2, 0) is 6.54 Å². The van der Waals surface area contributed by atoms with Crippen molar-refractivity contribution in [1.29, 1.82) is 0 Å². The van der Waals surface area contributed by atoms with Crippen LogP contribution < -0.4 is 5.32 Å². The lowest BCUT2D eigenvalue weighted by molar-refractivity contribution is 0.216. The van der Waals surface area contributed by atoms with E-state index in [4.69, 9.17) is 4.42 Å². The molecule has 2 amide bonds. The Morgan fingerprint density at radius 2 is 1.95 bits per heavy atom. The summed E-state index contributed by atoms with van der Waals surface area (Å²) in [5, 5.41) is 10.5. The number of carbonyl (C=O) groups excluding carboxylic acids is 1. The fourth-order valence-electron chi connectivity index (χ4n) is 1.45. The van der Waals surface area contributed by atoms with Gasteiger partial charge in [0.25, 0.3) is 0 Å². The van der Waals surface area contributed by atoms with Crippen molar-refractivity contribution in [3.05, 3.63) is 35.7 Å². The number of aryl methyl sites for hydroxylation is 1. The van der Waals surface area contributed by atoms with Crippen molar-refractivity contribution in [2.24, 2.45) is 0 Å². The lowest BCUT2D eigenvalue weighted by Gasteiger charge is -2.09. The molecule has 0 radical (unpaired) electrons. The molecule has 0 atom stereocenters. The van der Waals surface area contributed by atoms with Gasteiger partial charge >= 0.3 is 6.03 Å². The molecule has 0 saturated heterocycles. The first-order valence-corrected chi connectivity index (χ1v) is 5.91. The van der Waals surface area contributed by atoms with Crippen molar-refractivity contribution < 1.29 is 9.21 Å². The van der Waals surface area contributed by atoms with Gasteiger partial charge in [0.1, 0.15) is 0 Å². The molecule has 19 heavy (non-hydrogen) atoms. The van der Waals surface area contributed by atoms with Crippen LogP contribution in [0.15, 0.2) is 28.7 Å². The Kier molecular flexibility index (Phi) is 3.79. The molecule has 2 rings (SSSR count). The Bertz CT molecular complexity index is 560. The number of nitrogens with one attached hydrogen (secondary N) is 1. The van der Waals surface area contributed by atoms with E-state index in [1.165, 1.54) is 10.5 Å². The highest BCUT2D eigenvalue weighted by molar-refractivity contribution is 5.73. The summed E-state index contributed by atoms with van der Waals surface area (Å²) in [7, 11) is 3.34. The van der Waals surface area contributed by atoms with Crippen LogP contribution in [0, 0.1) is 6.92 Å². The summed E-state index contributed by atoms with van der Waals surface area (Å²) in [6.07, 6.45) is 0. The summed E-state index contributed by atoms with van der Waals surface area (Å²) in [5.41, 5.74) is 2.03. The molecule has 1 aromatic heterocycles. The van der Waals surface area contributed by atoms with E-state index in [1.807, 2.05) is 31.2 Å². The van der Waals surface area contributed by atoms with Crippen LogP contribution in [0.2, 0.25) is 0 Å². The van der Waals surface area contributed by atoms with Crippen LogP contribution in [0.3, 0.4) is 0 Å². The molecule has 0 aliphatic heterocycles. The summed E-state index contributed by atoms with van der Waals surface area (Å²) in [6.45, 7) is 2.23. The third kappa shape index (κ3) is 3.31. The number of urea groups is 1. The zero-order valence-electron chi connectivity index (χ0n) is 11.2. The molecule has 6 nitrogen and oxygen atoms in total. The predicted octanol–water partition coefficient (Wildman–Crippen LogP) is 1.82. The van der Waals surface area contributed by atoms with Crippen LogP contribution in [-0.4, -0.2) is 35.2 Å². The highest BCUT2D eigenvalue weighted by atomic mass is 16.4. The second kappa shape index (κ2) is 5.51. The predicted molar refractivity (Wildman–Crippen MR) is 70.4 cm³/mol. The largest absolute Gasteiger partial charge is 0.419 e. The minimum absolute atomic E-state index is 0.199. The van der Waals surface area contributed by atoms with E-state index in [2.05, 4.69) is 15.5 Å². The molecule has 1 N–H and O–H groups in total. The molecule has 0 aliphatic carbocycles. The number of benzene rings is 1. The van der Waals surface area contributed by atoms with Gasteiger partial charge < -0.3 is 14.6 Å². The van der Waals surface area contributed by atoms with Gasteiger partial charge in [0.15, 0.2) is 0 Å². The Hall–Kier alpha value is -2.37. The summed E-state index contributed by atoms with van der Waals surface area (Å²) >= 11 is 0. The lowest BCUT2D eigenvalue weighted by atomic mass is 10.1. The molecule has 0 bridgehead atoms. The van der Waals surface area contributed by atoms with Gasteiger partial charge in [-0.3, -0.25) is 0 Å². The van der Waals surface area contributed by atoms with Gasteiger partial charge in [-0.05, 0) is 19.1 Å². The molecule has 0 spiro atoms. The first-order valence-electron chi connectivity index (χ1n) is 5.91. The van der Waals surface area contributed by atoms with Crippen LogP contribution in [0.5, 0.6) is 0 Å². The number of rotatable bonds is 3. The molecule has 100 valence electrons. The zero-order valence-corrected chi connectivity index (χ0v) is 11.2. The number of hydrogen-bond acceptors (Lipinski definition) is 4. The first kappa shape index (κ1) is 13.1. The van der Waals surface area contributed by atoms with Crippen molar-refractivity contribution in [2.75, 3.05) is 14.1 Å². The number of carbonyl (C=O) groups is 1. The average Bonchev–Trinajstić information content (AvgIpc) is 2.85. The van der Waals surface area contributed by atoms with Crippen molar-refractivity contribution >= 4 is 6.03 Å². The molecule has 0 fully saturated rings. The maximum atomic E-state index is 11.4. The topological polar surface area (TPSA) is 71.3 Å². The smallest absolute Gasteiger partial charge is 0.317 e. The van der Waals surface area contributed by atoms with Gasteiger partial charge in [-0.15, -0.1) is 10.2 Å². The minimum atomic E-state index is -0.199. The summed E-state index contributed by atoms with van der Waals surface area (Å²) in [4.78, 5) is 12.8. The zero-order chi connectivity index (χ0) is 13.8. The van der Waals surface area contributed by atoms with Gasteiger partial charge in [0, 0.05) is 19.7 Å². The van der Waals surface area contributed by atoms with Crippen molar-refractivity contribution in [2.45, 2.75) is 13.5 Å². The number of amides is 2. The fraction of sp³-hybridized carbons (Fsp3) is 0.308. The van der Waals surface area contributed by atoms with Crippen LogP contribution >= 0.6 is 0 Å². The molecular weight excluding hydrogens is 244 g/mol. The first-order chi connectivity index (χ1) is 9.06. The Morgan fingerprint density at radius 3 is 2.58 bits per heavy atom. The summed E-state index contributed by atoms with van der Waals surface area (Å²) in [6, 6.07) is 7.60. The van der Waals surface area contributed by atoms with Gasteiger partial charge in [-0.1, -0.05) is 17.7 Å². The van der Waals surface area contributed by atoms with E-state index in [-0.39, 0.29) is 12.6 Å². The van der Waals surface area contributed by atoms with Gasteiger partial charge in [-0.25, -0.2) is 4.79 Å². The van der Waals surface area contributed by atoms with Gasteiger partial charge in [-0.2, -0.15) is 0 Å². The fourth-order valence-corrected chi connectivity index (χ4v) is 1.45. The van der Waals surface area contributed by atoms with E-state index < -0.39 is 0 Å². The molecule has 6 heteroatoms. The van der Waals surface area contributed by atoms with Crippen molar-refractivity contribution in [3.8, 4) is 11.5 Å². The Labute approximate surface area is 111 Å². The maximum absolute atomic E-state index is 11.4. The minimum Gasteiger partial charge on any atom is -0.419 e. The normalized spacial score (nSPS) is 10.3. The number of aromatic nitrogens is 2. The molecule has 0 aliphatic rings. The molecular formula is C13H16N4O2. The number of nitrogens with zero attached hydrogens (tertiary/aromatic N) is 3.